The van der Waals surface area contributed by atoms with Gasteiger partial charge in [-0.3, -0.25) is 9.59 Å². The Morgan fingerprint density at radius 3 is 2.39 bits per heavy atom. The summed E-state index contributed by atoms with van der Waals surface area (Å²) in [5.41, 5.74) is -1.08. The van der Waals surface area contributed by atoms with Gasteiger partial charge in [-0.15, -0.1) is 6.58 Å². The predicted molar refractivity (Wildman–Crippen MR) is 198 cm³/mol. The van der Waals surface area contributed by atoms with Crippen molar-refractivity contribution in [2.75, 3.05) is 13.7 Å². The Labute approximate surface area is 320 Å². The van der Waals surface area contributed by atoms with Crippen molar-refractivity contribution in [2.24, 2.45) is 5.41 Å². The van der Waals surface area contributed by atoms with Crippen LogP contribution in [0.15, 0.2) is 36.5 Å². The molecule has 3 N–H and O–H groups in total. The summed E-state index contributed by atoms with van der Waals surface area (Å²) >= 11 is 0. The molecule has 0 aromatic carbocycles. The molecular weight excluding hydrogens is 700 g/mol. The second kappa shape index (κ2) is 21.0. The molecule has 2 unspecified atom stereocenters. The third-order valence-electron chi connectivity index (χ3n) is 10.9. The van der Waals surface area contributed by atoms with Crippen LogP contribution in [-0.2, 0) is 47.5 Å². The molecule has 54 heavy (non-hydrogen) atoms. The van der Waals surface area contributed by atoms with Crippen LogP contribution in [0.3, 0.4) is 0 Å². The van der Waals surface area contributed by atoms with Gasteiger partial charge in [0.2, 0.25) is 5.79 Å². The third kappa shape index (κ3) is 12.7. The number of rotatable bonds is 11. The van der Waals surface area contributed by atoms with Crippen molar-refractivity contribution in [3.05, 3.63) is 36.5 Å². The Kier molecular flexibility index (Phi) is 17.2. The van der Waals surface area contributed by atoms with Crippen LogP contribution >= 0.6 is 0 Å². The zero-order chi connectivity index (χ0) is 39.3. The first-order chi connectivity index (χ1) is 25.8. The second-order valence-electron chi connectivity index (χ2n) is 15.8. The van der Waals surface area contributed by atoms with Crippen molar-refractivity contribution in [3.63, 3.8) is 0 Å². The van der Waals surface area contributed by atoms with Crippen molar-refractivity contribution in [2.45, 2.75) is 184 Å². The predicted octanol–water partition coefficient (Wildman–Crippen LogP) is 5.27. The van der Waals surface area contributed by atoms with Crippen LogP contribution in [0.5, 0.6) is 0 Å². The first-order valence-electron chi connectivity index (χ1n) is 19.9. The number of carbonyl (C=O) groups is 3. The van der Waals surface area contributed by atoms with Gasteiger partial charge in [0.05, 0.1) is 56.8 Å². The van der Waals surface area contributed by atoms with E-state index in [-0.39, 0.29) is 62.1 Å². The number of aliphatic hydroxyl groups excluding tert-OH is 2. The summed E-state index contributed by atoms with van der Waals surface area (Å²) in [4.78, 5) is 39.1. The molecule has 0 aromatic heterocycles. The molecule has 0 spiro atoms. The van der Waals surface area contributed by atoms with Gasteiger partial charge in [-0.1, -0.05) is 58.6 Å². The molecule has 0 aromatic rings. The SMILES string of the molecule is C=CC[C@H]1CC2C[C@H]3CCC[C@@H](C[C@@H](O)CC(=O)OC(CO)C[C@@H]4C/C(=C/C(=O)OC)[C@H](OC(=O)CCCCCCC)[C@@](O)(O4)C(C)(C)/C=C/[C@H](O2)O1)O3. The van der Waals surface area contributed by atoms with Gasteiger partial charge in [0.15, 0.2) is 12.4 Å². The molecule has 4 aliphatic rings. The van der Waals surface area contributed by atoms with Gasteiger partial charge in [0.1, 0.15) is 6.10 Å². The molecular formula is C41H64O13. The minimum Gasteiger partial charge on any atom is -0.466 e. The lowest BCUT2D eigenvalue weighted by Gasteiger charge is -2.51. The molecule has 0 saturated carbocycles. The van der Waals surface area contributed by atoms with Crippen LogP contribution in [0, 0.1) is 5.41 Å². The Balaban J connectivity index is 1.72. The number of unbranched alkanes of at least 4 members (excludes halogenated alkanes) is 4. The largest absolute Gasteiger partial charge is 0.466 e. The third-order valence-corrected chi connectivity index (χ3v) is 10.9. The van der Waals surface area contributed by atoms with E-state index in [2.05, 4.69) is 13.5 Å². The lowest BCUT2D eigenvalue weighted by molar-refractivity contribution is -0.327. The molecule has 3 fully saturated rings. The van der Waals surface area contributed by atoms with Crippen molar-refractivity contribution < 1.29 is 62.9 Å². The maximum absolute atomic E-state index is 13.4. The zero-order valence-corrected chi connectivity index (χ0v) is 32.7. The quantitative estimate of drug-likeness (QED) is 0.0816. The first kappa shape index (κ1) is 44.1. The minimum atomic E-state index is -2.27. The lowest BCUT2D eigenvalue weighted by Crippen LogP contribution is -2.62. The van der Waals surface area contributed by atoms with E-state index in [0.717, 1.165) is 44.9 Å². The van der Waals surface area contributed by atoms with Gasteiger partial charge >= 0.3 is 17.9 Å². The summed E-state index contributed by atoms with van der Waals surface area (Å²) in [6, 6.07) is 0. The van der Waals surface area contributed by atoms with Gasteiger partial charge in [-0.2, -0.15) is 0 Å². The Morgan fingerprint density at radius 2 is 1.69 bits per heavy atom. The van der Waals surface area contributed by atoms with Gasteiger partial charge in [-0.05, 0) is 50.2 Å². The van der Waals surface area contributed by atoms with Crippen LogP contribution < -0.4 is 0 Å². The Hall–Kier alpha value is -2.65. The van der Waals surface area contributed by atoms with E-state index in [1.165, 1.54) is 13.2 Å². The van der Waals surface area contributed by atoms with E-state index < -0.39 is 66.4 Å². The van der Waals surface area contributed by atoms with Crippen molar-refractivity contribution in [1.29, 1.82) is 0 Å². The number of fused-ring (bicyclic) bond motifs is 6. The summed E-state index contributed by atoms with van der Waals surface area (Å²) < 4.78 is 42.2. The summed E-state index contributed by atoms with van der Waals surface area (Å²) in [5, 5.41) is 33.9. The molecule has 6 bridgehead atoms. The smallest absolute Gasteiger partial charge is 0.330 e. The second-order valence-corrected chi connectivity index (χ2v) is 15.8. The highest BCUT2D eigenvalue weighted by atomic mass is 16.7. The van der Waals surface area contributed by atoms with Crippen LogP contribution in [0.2, 0.25) is 0 Å². The molecule has 306 valence electrons. The van der Waals surface area contributed by atoms with E-state index >= 15 is 0 Å². The summed E-state index contributed by atoms with van der Waals surface area (Å²) in [5.74, 6) is -4.26. The fourth-order valence-corrected chi connectivity index (χ4v) is 7.89. The summed E-state index contributed by atoms with van der Waals surface area (Å²) in [7, 11) is 1.22. The fourth-order valence-electron chi connectivity index (χ4n) is 7.89. The number of hydrogen-bond donors (Lipinski definition) is 3. The van der Waals surface area contributed by atoms with Gasteiger partial charge in [0, 0.05) is 43.6 Å². The molecule has 0 radical (unpaired) electrons. The first-order valence-corrected chi connectivity index (χ1v) is 19.9. The molecule has 4 aliphatic heterocycles. The molecule has 3 saturated heterocycles. The van der Waals surface area contributed by atoms with Crippen LogP contribution in [0.4, 0.5) is 0 Å². The number of ether oxygens (including phenoxy) is 7. The number of cyclic esters (lactones) is 1. The van der Waals surface area contributed by atoms with Crippen molar-refractivity contribution in [1.82, 2.24) is 0 Å². The average Bonchev–Trinajstić information content (AvgIpc) is 3.11. The topological polar surface area (TPSA) is 177 Å². The van der Waals surface area contributed by atoms with E-state index in [4.69, 9.17) is 33.2 Å². The van der Waals surface area contributed by atoms with E-state index in [1.807, 2.05) is 0 Å². The highest BCUT2D eigenvalue weighted by molar-refractivity contribution is 5.83. The normalized spacial score (nSPS) is 36.3. The van der Waals surface area contributed by atoms with E-state index in [0.29, 0.717) is 25.7 Å². The zero-order valence-electron chi connectivity index (χ0n) is 32.7. The lowest BCUT2D eigenvalue weighted by atomic mass is 9.74. The highest BCUT2D eigenvalue weighted by Crippen LogP contribution is 2.47. The number of carbonyl (C=O) groups excluding carboxylic acids is 3. The number of hydrogen-bond acceptors (Lipinski definition) is 13. The maximum atomic E-state index is 13.4. The molecule has 13 heteroatoms. The molecule has 0 amide bonds. The Bertz CT molecular complexity index is 1300. The number of methoxy groups -OCH3 is 1. The van der Waals surface area contributed by atoms with E-state index in [9.17, 15) is 29.7 Å². The average molecular weight is 765 g/mol. The standard InChI is InChI=1S/C41H64O13/c1-6-8-9-10-11-16-35(44)53-39-27(20-36(45)48-5)19-33-25-34(26-42)50-37(46)22-28(43)21-30-14-12-15-31(49-30)24-32-23-29(13-7-2)51-38(52-32)17-18-40(3,4)41(39,47)54-33/h7,17-18,20,28-34,38-39,42-43,47H,2,6,8-16,19,21-26H2,1,3-5H3/b18-17+,27-20-/t28-,29+,30+,31-,32?,33+,34?,38+,39+,41-/m1/s1. The van der Waals surface area contributed by atoms with Crippen molar-refractivity contribution in [3.8, 4) is 0 Å². The number of esters is 3. The van der Waals surface area contributed by atoms with Gasteiger partial charge in [0.25, 0.3) is 0 Å². The minimum absolute atomic E-state index is 0.0116. The molecule has 13 nitrogen and oxygen atoms in total. The fraction of sp³-hybridized carbons (Fsp3) is 0.780. The van der Waals surface area contributed by atoms with Crippen LogP contribution in [-0.4, -0.2) is 108 Å². The molecule has 4 rings (SSSR count). The summed E-state index contributed by atoms with van der Waals surface area (Å²) in [6.07, 6.45) is 9.26. The highest BCUT2D eigenvalue weighted by Gasteiger charge is 2.57. The number of aliphatic hydroxyl groups is 3. The van der Waals surface area contributed by atoms with Gasteiger partial charge in [-0.25, -0.2) is 4.79 Å². The maximum Gasteiger partial charge on any atom is 0.330 e. The van der Waals surface area contributed by atoms with Crippen LogP contribution in [0.25, 0.3) is 0 Å². The van der Waals surface area contributed by atoms with E-state index in [1.54, 1.807) is 32.1 Å². The Morgan fingerprint density at radius 1 is 0.963 bits per heavy atom. The molecule has 0 aliphatic carbocycles. The monoisotopic (exact) mass is 764 g/mol. The summed E-state index contributed by atoms with van der Waals surface area (Å²) in [6.45, 7) is 8.86. The molecule has 4 heterocycles. The van der Waals surface area contributed by atoms with Gasteiger partial charge < -0.3 is 48.5 Å². The van der Waals surface area contributed by atoms with Crippen LogP contribution in [0.1, 0.15) is 124 Å². The van der Waals surface area contributed by atoms with Crippen molar-refractivity contribution >= 4 is 17.9 Å². The molecule has 10 atom stereocenters.